The fraction of sp³-hybridized carbons (Fsp3) is 0.571. The van der Waals surface area contributed by atoms with Crippen molar-refractivity contribution in [2.45, 2.75) is 50.8 Å². The minimum atomic E-state index is -1.84. The van der Waals surface area contributed by atoms with E-state index in [4.69, 9.17) is 4.43 Å². The number of non-ortho nitro benzene ring substituents is 1. The predicted octanol–water partition coefficient (Wildman–Crippen LogP) is 5.01. The van der Waals surface area contributed by atoms with Gasteiger partial charge in [0.1, 0.15) is 0 Å². The van der Waals surface area contributed by atoms with Gasteiger partial charge in [-0.2, -0.15) is 0 Å². The van der Waals surface area contributed by atoms with Crippen molar-refractivity contribution in [2.75, 3.05) is 0 Å². The van der Waals surface area contributed by atoms with Crippen molar-refractivity contribution in [3.05, 3.63) is 39.4 Å². The highest BCUT2D eigenvalue weighted by Gasteiger charge is 2.37. The minimum Gasteiger partial charge on any atom is -0.413 e. The van der Waals surface area contributed by atoms with E-state index in [0.717, 1.165) is 11.1 Å². The predicted molar refractivity (Wildman–Crippen MR) is 87.7 cm³/mol. The lowest BCUT2D eigenvalue weighted by atomic mass is 10.1. The number of rotatable bonds is 5. The number of halogens is 1. The van der Waals surface area contributed by atoms with E-state index >= 15 is 0 Å². The van der Waals surface area contributed by atoms with Crippen molar-refractivity contribution in [2.24, 2.45) is 0 Å². The standard InChI is InChI=1S/C14H22BrNO3Si/c1-14(2,3)20(4,5)19-10-12-6-11(9-15)7-13(8-12)16(17)18/h6-8H,9-10H2,1-5H3. The average molecular weight is 360 g/mol. The van der Waals surface area contributed by atoms with Crippen LogP contribution < -0.4 is 0 Å². The molecule has 0 atom stereocenters. The van der Waals surface area contributed by atoms with Crippen molar-refractivity contribution < 1.29 is 9.35 Å². The van der Waals surface area contributed by atoms with E-state index in [1.165, 1.54) is 0 Å². The summed E-state index contributed by atoms with van der Waals surface area (Å²) in [6.07, 6.45) is 0. The molecule has 0 aliphatic carbocycles. The molecule has 0 bridgehead atoms. The maximum Gasteiger partial charge on any atom is 0.270 e. The maximum absolute atomic E-state index is 10.9. The largest absolute Gasteiger partial charge is 0.413 e. The molecule has 112 valence electrons. The fourth-order valence-corrected chi connectivity index (χ4v) is 2.77. The van der Waals surface area contributed by atoms with Gasteiger partial charge in [0.15, 0.2) is 8.32 Å². The fourth-order valence-electron chi connectivity index (χ4n) is 1.49. The Labute approximate surface area is 129 Å². The number of nitro benzene ring substituents is 1. The number of hydrogen-bond donors (Lipinski definition) is 0. The van der Waals surface area contributed by atoms with Crippen LogP contribution in [0.1, 0.15) is 31.9 Å². The lowest BCUT2D eigenvalue weighted by Crippen LogP contribution is -2.40. The summed E-state index contributed by atoms with van der Waals surface area (Å²) in [7, 11) is -1.84. The number of nitro groups is 1. The molecule has 0 aromatic heterocycles. The summed E-state index contributed by atoms with van der Waals surface area (Å²) in [6, 6.07) is 5.14. The molecule has 4 nitrogen and oxygen atoms in total. The molecule has 0 saturated carbocycles. The molecule has 0 heterocycles. The second-order valence-electron chi connectivity index (χ2n) is 6.45. The van der Waals surface area contributed by atoms with Crippen LogP contribution >= 0.6 is 15.9 Å². The van der Waals surface area contributed by atoms with Gasteiger partial charge in [0.2, 0.25) is 0 Å². The summed E-state index contributed by atoms with van der Waals surface area (Å²) in [5.41, 5.74) is 1.88. The molecule has 1 aromatic carbocycles. The molecule has 0 aliphatic heterocycles. The molecule has 0 fully saturated rings. The second kappa shape index (κ2) is 6.36. The Morgan fingerprint density at radius 1 is 1.25 bits per heavy atom. The van der Waals surface area contributed by atoms with E-state index in [-0.39, 0.29) is 15.6 Å². The number of nitrogens with zero attached hydrogens (tertiary/aromatic N) is 1. The quantitative estimate of drug-likeness (QED) is 0.321. The van der Waals surface area contributed by atoms with Crippen LogP contribution in [0, 0.1) is 10.1 Å². The first-order chi connectivity index (χ1) is 9.06. The normalized spacial score (nSPS) is 12.5. The third kappa shape index (κ3) is 4.39. The lowest BCUT2D eigenvalue weighted by Gasteiger charge is -2.36. The first kappa shape index (κ1) is 17.3. The van der Waals surface area contributed by atoms with Crippen molar-refractivity contribution in [1.82, 2.24) is 0 Å². The SMILES string of the molecule is CC(C)(C)[Si](C)(C)OCc1cc(CBr)cc([N+](=O)[O-])c1. The minimum absolute atomic E-state index is 0.121. The molecule has 6 heteroatoms. The van der Waals surface area contributed by atoms with Gasteiger partial charge in [-0.25, -0.2) is 0 Å². The molecular weight excluding hydrogens is 338 g/mol. The highest BCUT2D eigenvalue weighted by atomic mass is 79.9. The van der Waals surface area contributed by atoms with E-state index in [9.17, 15) is 10.1 Å². The number of alkyl halides is 1. The third-order valence-electron chi connectivity index (χ3n) is 3.81. The Bertz CT molecular complexity index is 498. The van der Waals surface area contributed by atoms with Gasteiger partial charge in [-0.1, -0.05) is 42.8 Å². The zero-order chi connectivity index (χ0) is 15.6. The smallest absolute Gasteiger partial charge is 0.270 e. The van der Waals surface area contributed by atoms with Crippen molar-refractivity contribution in [3.63, 3.8) is 0 Å². The van der Waals surface area contributed by atoms with Crippen molar-refractivity contribution in [3.8, 4) is 0 Å². The van der Waals surface area contributed by atoms with Gasteiger partial charge in [0.05, 0.1) is 11.5 Å². The molecule has 0 spiro atoms. The zero-order valence-electron chi connectivity index (χ0n) is 12.7. The van der Waals surface area contributed by atoms with E-state index in [2.05, 4.69) is 49.8 Å². The van der Waals surface area contributed by atoms with Crippen LogP contribution in [-0.2, 0) is 16.4 Å². The molecule has 0 unspecified atom stereocenters. The summed E-state index contributed by atoms with van der Waals surface area (Å²) in [6.45, 7) is 11.3. The Kier molecular flexibility index (Phi) is 5.51. The Morgan fingerprint density at radius 2 is 1.80 bits per heavy atom. The molecular formula is C14H22BrNO3Si. The zero-order valence-corrected chi connectivity index (χ0v) is 15.3. The topological polar surface area (TPSA) is 52.4 Å². The van der Waals surface area contributed by atoms with Crippen LogP contribution in [0.3, 0.4) is 0 Å². The van der Waals surface area contributed by atoms with E-state index in [1.54, 1.807) is 12.1 Å². The number of benzene rings is 1. The Hall–Kier alpha value is -0.723. The summed E-state index contributed by atoms with van der Waals surface area (Å²) in [5, 5.41) is 11.7. The van der Waals surface area contributed by atoms with Gasteiger partial charge < -0.3 is 4.43 Å². The van der Waals surface area contributed by atoms with Gasteiger partial charge in [0.25, 0.3) is 5.69 Å². The van der Waals surface area contributed by atoms with Gasteiger partial charge >= 0.3 is 0 Å². The Morgan fingerprint density at radius 3 is 2.25 bits per heavy atom. The maximum atomic E-state index is 10.9. The monoisotopic (exact) mass is 359 g/mol. The third-order valence-corrected chi connectivity index (χ3v) is 8.93. The van der Waals surface area contributed by atoms with Crippen LogP contribution in [0.4, 0.5) is 5.69 Å². The highest BCUT2D eigenvalue weighted by Crippen LogP contribution is 2.37. The molecule has 1 rings (SSSR count). The Balaban J connectivity index is 2.93. The molecule has 0 radical (unpaired) electrons. The summed E-state index contributed by atoms with van der Waals surface area (Å²) >= 11 is 3.34. The first-order valence-corrected chi connectivity index (χ1v) is 10.6. The van der Waals surface area contributed by atoms with E-state index in [0.29, 0.717) is 11.9 Å². The highest BCUT2D eigenvalue weighted by molar-refractivity contribution is 9.08. The molecule has 0 amide bonds. The van der Waals surface area contributed by atoms with Crippen LogP contribution in [0.2, 0.25) is 18.1 Å². The van der Waals surface area contributed by atoms with E-state index < -0.39 is 8.32 Å². The van der Waals surface area contributed by atoms with Crippen molar-refractivity contribution >= 4 is 29.9 Å². The summed E-state index contributed by atoms with van der Waals surface area (Å²) in [5.74, 6) is 0. The van der Waals surface area contributed by atoms with Crippen LogP contribution in [-0.4, -0.2) is 13.2 Å². The second-order valence-corrected chi connectivity index (χ2v) is 11.8. The van der Waals surface area contributed by atoms with Gasteiger partial charge in [0, 0.05) is 17.5 Å². The lowest BCUT2D eigenvalue weighted by molar-refractivity contribution is -0.385. The average Bonchev–Trinajstić information content (AvgIpc) is 2.34. The van der Waals surface area contributed by atoms with Gasteiger partial charge in [-0.05, 0) is 29.3 Å². The summed E-state index contributed by atoms with van der Waals surface area (Å²) < 4.78 is 6.12. The molecule has 1 aromatic rings. The van der Waals surface area contributed by atoms with E-state index in [1.807, 2.05) is 6.07 Å². The molecule has 0 aliphatic rings. The van der Waals surface area contributed by atoms with Crippen molar-refractivity contribution in [1.29, 1.82) is 0 Å². The molecule has 0 N–H and O–H groups in total. The number of hydrogen-bond acceptors (Lipinski definition) is 3. The van der Waals surface area contributed by atoms with Gasteiger partial charge in [-0.3, -0.25) is 10.1 Å². The van der Waals surface area contributed by atoms with Crippen LogP contribution in [0.15, 0.2) is 18.2 Å². The first-order valence-electron chi connectivity index (χ1n) is 6.54. The molecule has 20 heavy (non-hydrogen) atoms. The van der Waals surface area contributed by atoms with Crippen LogP contribution in [0.5, 0.6) is 0 Å². The molecule has 0 saturated heterocycles. The van der Waals surface area contributed by atoms with Gasteiger partial charge in [-0.15, -0.1) is 0 Å². The summed E-state index contributed by atoms with van der Waals surface area (Å²) in [4.78, 5) is 10.6. The van der Waals surface area contributed by atoms with Crippen LogP contribution in [0.25, 0.3) is 0 Å².